The number of hydrogen-bond acceptors (Lipinski definition) is 10. The molecule has 1 heterocycles. The topological polar surface area (TPSA) is 100 Å². The molecule has 10 heteroatoms. The second kappa shape index (κ2) is 24.2. The van der Waals surface area contributed by atoms with Crippen molar-refractivity contribution in [2.75, 3.05) is 13.7 Å². The minimum absolute atomic E-state index is 0.0210. The summed E-state index contributed by atoms with van der Waals surface area (Å²) in [5.74, 6) is -0.162. The van der Waals surface area contributed by atoms with Crippen molar-refractivity contribution < 1.29 is 47.4 Å². The molecule has 2 fully saturated rings. The van der Waals surface area contributed by atoms with Crippen LogP contribution in [-0.4, -0.2) is 74.6 Å². The molecule has 0 unspecified atom stereocenters. The van der Waals surface area contributed by atoms with Crippen LogP contribution in [0.3, 0.4) is 0 Å². The minimum Gasteiger partial charge on any atom is -0.374 e. The molecule has 0 bridgehead atoms. The quantitative estimate of drug-likeness (QED) is 0.0657. The van der Waals surface area contributed by atoms with Crippen molar-refractivity contribution in [1.29, 1.82) is 0 Å². The van der Waals surface area contributed by atoms with E-state index >= 15 is 0 Å². The molecule has 338 valence electrons. The first-order valence-electron chi connectivity index (χ1n) is 22.4. The Hall–Kier alpha value is -5.37. The van der Waals surface area contributed by atoms with Gasteiger partial charge in [0.1, 0.15) is 42.7 Å². The van der Waals surface area contributed by atoms with Crippen LogP contribution in [0.5, 0.6) is 0 Å². The normalized spacial score (nSPS) is 24.4. The first-order chi connectivity index (χ1) is 32.1. The molecule has 0 N–H and O–H groups in total. The van der Waals surface area contributed by atoms with E-state index in [4.69, 9.17) is 42.6 Å². The van der Waals surface area contributed by atoms with E-state index in [1.807, 2.05) is 182 Å². The molecule has 1 aliphatic carbocycles. The number of benzene rings is 6. The second-order valence-electron chi connectivity index (χ2n) is 16.4. The maximum Gasteiger partial charge on any atom is 0.186 e. The van der Waals surface area contributed by atoms with Gasteiger partial charge in [-0.25, -0.2) is 0 Å². The summed E-state index contributed by atoms with van der Waals surface area (Å²) in [5.41, 5.74) is 5.80. The van der Waals surface area contributed by atoms with Crippen LogP contribution < -0.4 is 0 Å². The van der Waals surface area contributed by atoms with Crippen molar-refractivity contribution in [2.24, 2.45) is 0 Å². The van der Waals surface area contributed by atoms with Crippen molar-refractivity contribution in [3.8, 4) is 0 Å². The van der Waals surface area contributed by atoms with E-state index in [0.717, 1.165) is 33.4 Å². The second-order valence-corrected chi connectivity index (χ2v) is 16.4. The lowest BCUT2D eigenvalue weighted by atomic mass is 9.86. The number of Topliss-reactive ketones (excluding diaryl/α,β-unsaturated/α-hetero) is 1. The van der Waals surface area contributed by atoms with Crippen molar-refractivity contribution >= 4 is 5.78 Å². The summed E-state index contributed by atoms with van der Waals surface area (Å²) in [7, 11) is 1.60. The summed E-state index contributed by atoms with van der Waals surface area (Å²) in [6.45, 7) is 1.66. The summed E-state index contributed by atoms with van der Waals surface area (Å²) in [5, 5.41) is 0. The fraction of sp³-hybridized carbons (Fsp3) is 0.327. The lowest BCUT2D eigenvalue weighted by Gasteiger charge is -2.48. The van der Waals surface area contributed by atoms with Gasteiger partial charge < -0.3 is 42.6 Å². The van der Waals surface area contributed by atoms with Gasteiger partial charge in [-0.2, -0.15) is 0 Å². The van der Waals surface area contributed by atoms with E-state index in [-0.39, 0.29) is 51.8 Å². The van der Waals surface area contributed by atoms with E-state index in [0.29, 0.717) is 6.61 Å². The van der Waals surface area contributed by atoms with Crippen LogP contribution in [0.2, 0.25) is 0 Å². The van der Waals surface area contributed by atoms with Gasteiger partial charge in [0.05, 0.1) is 52.4 Å². The standard InChI is InChI=1S/C55H58O10/c1-57-55-54(63-38-45-30-18-7-19-31-45)53(62-37-44-28-16-6-17-29-44)51(48(65-55)39-58-33-40-20-8-2-9-21-40)64-47-32-46(56)49(59-34-41-22-10-3-11-23-41)52(61-36-43-26-14-5-15-27-43)50(47)60-35-42-24-12-4-13-25-42/h2-31,47-55H,32-39H2,1H3/t47-,48+,49+,50-,51+,52-,53-,54+,55-/m0/s1. The largest absolute Gasteiger partial charge is 0.374 e. The van der Waals surface area contributed by atoms with Crippen molar-refractivity contribution in [3.63, 3.8) is 0 Å². The molecule has 0 spiro atoms. The molecule has 2 aliphatic rings. The van der Waals surface area contributed by atoms with Gasteiger partial charge in [0.2, 0.25) is 0 Å². The van der Waals surface area contributed by atoms with Gasteiger partial charge in [0.25, 0.3) is 0 Å². The van der Waals surface area contributed by atoms with Crippen molar-refractivity contribution in [2.45, 2.75) is 101 Å². The predicted molar refractivity (Wildman–Crippen MR) is 245 cm³/mol. The lowest BCUT2D eigenvalue weighted by molar-refractivity contribution is -0.333. The molecule has 0 amide bonds. The predicted octanol–water partition coefficient (Wildman–Crippen LogP) is 9.23. The average molecular weight is 879 g/mol. The number of rotatable bonds is 22. The summed E-state index contributed by atoms with van der Waals surface area (Å²) < 4.78 is 60.5. The zero-order valence-electron chi connectivity index (χ0n) is 36.8. The van der Waals surface area contributed by atoms with Crippen LogP contribution in [0.15, 0.2) is 182 Å². The van der Waals surface area contributed by atoms with Crippen LogP contribution in [0.1, 0.15) is 39.8 Å². The number of methoxy groups -OCH3 is 1. The van der Waals surface area contributed by atoms with Gasteiger partial charge in [-0.05, 0) is 33.4 Å². The highest BCUT2D eigenvalue weighted by molar-refractivity contribution is 5.85. The first kappa shape index (κ1) is 46.2. The molecule has 1 saturated heterocycles. The van der Waals surface area contributed by atoms with Crippen molar-refractivity contribution in [1.82, 2.24) is 0 Å². The summed E-state index contributed by atoms with van der Waals surface area (Å²) in [6, 6.07) is 59.5. The van der Waals surface area contributed by atoms with Crippen LogP contribution in [0.25, 0.3) is 0 Å². The van der Waals surface area contributed by atoms with E-state index in [1.165, 1.54) is 0 Å². The van der Waals surface area contributed by atoms with Crippen LogP contribution >= 0.6 is 0 Å². The van der Waals surface area contributed by atoms with Crippen LogP contribution in [0.4, 0.5) is 0 Å². The molecule has 8 rings (SSSR count). The molecule has 10 nitrogen and oxygen atoms in total. The van der Waals surface area contributed by atoms with E-state index < -0.39 is 55.1 Å². The lowest BCUT2D eigenvalue weighted by Crippen LogP contribution is -2.65. The molecule has 1 saturated carbocycles. The Kier molecular flexibility index (Phi) is 17.2. The Morgan fingerprint density at radius 1 is 0.431 bits per heavy atom. The zero-order chi connectivity index (χ0) is 44.5. The highest BCUT2D eigenvalue weighted by atomic mass is 16.7. The summed E-state index contributed by atoms with van der Waals surface area (Å²) in [6.07, 6.45) is -7.34. The maximum atomic E-state index is 14.7. The Morgan fingerprint density at radius 3 is 1.23 bits per heavy atom. The van der Waals surface area contributed by atoms with E-state index in [9.17, 15) is 4.79 Å². The molecule has 0 radical (unpaired) electrons. The highest BCUT2D eigenvalue weighted by Gasteiger charge is 2.53. The third-order valence-corrected chi connectivity index (χ3v) is 11.7. The highest BCUT2D eigenvalue weighted by Crippen LogP contribution is 2.36. The van der Waals surface area contributed by atoms with Gasteiger partial charge in [-0.1, -0.05) is 182 Å². The van der Waals surface area contributed by atoms with Gasteiger partial charge in [-0.15, -0.1) is 0 Å². The molecule has 1 aliphatic heterocycles. The van der Waals surface area contributed by atoms with E-state index in [1.54, 1.807) is 7.11 Å². The third kappa shape index (κ3) is 13.1. The van der Waals surface area contributed by atoms with Gasteiger partial charge in [0, 0.05) is 13.5 Å². The SMILES string of the molecule is CO[C@H]1O[C@H](COCc2ccccc2)[C@@H](O[C@H]2CC(=O)[C@@H](OCc3ccccc3)[C@H](OCc3ccccc3)[C@H]2OCc2ccccc2)[C@H](OCc2ccccc2)[C@H]1OCc1ccccc1. The number of ketones is 1. The first-order valence-corrected chi connectivity index (χ1v) is 22.4. The molecule has 0 aromatic heterocycles. The smallest absolute Gasteiger partial charge is 0.186 e. The monoisotopic (exact) mass is 878 g/mol. The molecular weight excluding hydrogens is 821 g/mol. The molecular formula is C55H58O10. The Morgan fingerprint density at radius 2 is 0.800 bits per heavy atom. The number of carbonyl (C=O) groups is 1. The number of ether oxygens (including phenoxy) is 9. The average Bonchev–Trinajstić information content (AvgIpc) is 3.36. The summed E-state index contributed by atoms with van der Waals surface area (Å²) in [4.78, 5) is 14.7. The minimum atomic E-state index is -0.947. The zero-order valence-corrected chi connectivity index (χ0v) is 36.8. The van der Waals surface area contributed by atoms with Gasteiger partial charge in [0.15, 0.2) is 12.1 Å². The number of hydrogen-bond donors (Lipinski definition) is 0. The fourth-order valence-electron chi connectivity index (χ4n) is 8.32. The summed E-state index contributed by atoms with van der Waals surface area (Å²) >= 11 is 0. The Balaban J connectivity index is 1.15. The third-order valence-electron chi connectivity index (χ3n) is 11.7. The molecule has 6 aromatic rings. The van der Waals surface area contributed by atoms with E-state index in [2.05, 4.69) is 0 Å². The maximum absolute atomic E-state index is 14.7. The van der Waals surface area contributed by atoms with Crippen LogP contribution in [0, 0.1) is 0 Å². The molecule has 9 atom stereocenters. The van der Waals surface area contributed by atoms with Gasteiger partial charge in [-0.3, -0.25) is 4.79 Å². The fourth-order valence-corrected chi connectivity index (χ4v) is 8.32. The Bertz CT molecular complexity index is 2250. The molecule has 65 heavy (non-hydrogen) atoms. The molecule has 6 aromatic carbocycles. The number of carbonyl (C=O) groups excluding carboxylic acids is 1. The van der Waals surface area contributed by atoms with Crippen LogP contribution in [-0.2, 0) is 87.1 Å². The van der Waals surface area contributed by atoms with Gasteiger partial charge >= 0.3 is 0 Å². The van der Waals surface area contributed by atoms with Crippen molar-refractivity contribution in [3.05, 3.63) is 215 Å². The Labute approximate surface area is 382 Å².